The summed E-state index contributed by atoms with van der Waals surface area (Å²) in [6, 6.07) is 0. The Kier molecular flexibility index (Phi) is 29.9. The van der Waals surface area contributed by atoms with Crippen LogP contribution in [0.2, 0.25) is 0 Å². The minimum atomic E-state index is -4.33. The summed E-state index contributed by atoms with van der Waals surface area (Å²) in [5.74, 6) is -0.827. The molecule has 0 spiro atoms. The minimum absolute atomic E-state index is 0.0293. The Bertz CT molecular complexity index is 891. The second-order valence-corrected chi connectivity index (χ2v) is 17.9. The highest BCUT2D eigenvalue weighted by Crippen LogP contribution is 2.20. The van der Waals surface area contributed by atoms with Crippen LogP contribution in [0.4, 0.5) is 0 Å². The van der Waals surface area contributed by atoms with Gasteiger partial charge in [0.25, 0.3) is 0 Å². The zero-order chi connectivity index (χ0) is 36.7. The molecule has 2 N–H and O–H groups in total. The Morgan fingerprint density at radius 3 is 0.878 bits per heavy atom. The molecule has 296 valence electrons. The van der Waals surface area contributed by atoms with E-state index in [1.165, 1.54) is 89.9 Å². The smallest absolute Gasteiger partial charge is 0.102 e. The molecule has 0 aromatic carbocycles. The monoisotopic (exact) mass is 743 g/mol. The first-order valence-corrected chi connectivity index (χ1v) is 23.3. The maximum atomic E-state index is 11.4. The van der Waals surface area contributed by atoms with E-state index < -0.39 is 31.7 Å². The van der Waals surface area contributed by atoms with Crippen molar-refractivity contribution >= 4 is 20.2 Å². The molecule has 2 unspecified atom stereocenters. The summed E-state index contributed by atoms with van der Waals surface area (Å²) in [6.07, 6.45) is 25.5. The molecule has 2 atom stereocenters. The number of aliphatic hydroxyl groups is 2. The van der Waals surface area contributed by atoms with Crippen molar-refractivity contribution in [3.63, 3.8) is 0 Å². The van der Waals surface area contributed by atoms with Crippen LogP contribution in [-0.4, -0.2) is 122 Å². The number of nitrogens with zero attached hydrogens (tertiary/aromatic N) is 2. The fraction of sp³-hybridized carbons (Fsp3) is 1.00. The molecular formula is C37H78N2O8S2. The Hall–Kier alpha value is -0.340. The minimum Gasteiger partial charge on any atom is -0.748 e. The molecular weight excluding hydrogens is 665 g/mol. The molecule has 0 fully saturated rings. The van der Waals surface area contributed by atoms with Crippen LogP contribution in [0.5, 0.6) is 0 Å². The Balaban J connectivity index is 5.41. The zero-order valence-corrected chi connectivity index (χ0v) is 33.4. The Morgan fingerprint density at radius 1 is 0.367 bits per heavy atom. The van der Waals surface area contributed by atoms with Gasteiger partial charge in [-0.05, 0) is 25.7 Å². The highest BCUT2D eigenvalue weighted by molar-refractivity contribution is 7.85. The lowest BCUT2D eigenvalue weighted by atomic mass is 10.1. The highest BCUT2D eigenvalue weighted by Gasteiger charge is 2.31. The van der Waals surface area contributed by atoms with Gasteiger partial charge in [-0.25, -0.2) is 16.8 Å². The summed E-state index contributed by atoms with van der Waals surface area (Å²) in [6.45, 7) is 9.42. The van der Waals surface area contributed by atoms with Crippen LogP contribution in [0.25, 0.3) is 0 Å². The largest absolute Gasteiger partial charge is 0.748 e. The van der Waals surface area contributed by atoms with Crippen LogP contribution >= 0.6 is 0 Å². The molecule has 0 aliphatic carbocycles. The third-order valence-corrected chi connectivity index (χ3v) is 12.0. The van der Waals surface area contributed by atoms with Crippen molar-refractivity contribution in [3.8, 4) is 0 Å². The summed E-state index contributed by atoms with van der Waals surface area (Å²) in [5.41, 5.74) is 0. The van der Waals surface area contributed by atoms with E-state index in [4.69, 9.17) is 0 Å². The van der Waals surface area contributed by atoms with Gasteiger partial charge >= 0.3 is 0 Å². The van der Waals surface area contributed by atoms with Gasteiger partial charge in [-0.15, -0.1) is 0 Å². The normalized spacial score (nSPS) is 15.0. The SMILES string of the molecule is CCCCCCCCCCCC[N+](CCO)(CCC[N+](CCO)(CCCCCCCCCCCC)CCCS(=O)(=O)[O-])CCCS(=O)(=O)[O-]. The second-order valence-electron chi connectivity index (χ2n) is 14.9. The van der Waals surface area contributed by atoms with E-state index in [1.54, 1.807) is 0 Å². The summed E-state index contributed by atoms with van der Waals surface area (Å²) in [7, 11) is -8.66. The molecule has 0 rings (SSSR count). The number of quaternary nitrogens is 2. The third kappa shape index (κ3) is 29.9. The van der Waals surface area contributed by atoms with Gasteiger partial charge in [0.2, 0.25) is 0 Å². The lowest BCUT2D eigenvalue weighted by molar-refractivity contribution is -0.946. The standard InChI is InChI=1S/C37H78N2O8S2/c1-3-5-7-9-11-13-15-17-19-21-26-38(32-34-40,30-24-36-48(42,43)44)28-23-29-39(33-35-41,31-25-37-49(45,46)47)27-22-20-18-16-14-12-10-8-6-4-2/h40-41H,3-37H2,1-2H3. The third-order valence-electron chi connectivity index (χ3n) is 10.4. The van der Waals surface area contributed by atoms with Crippen molar-refractivity contribution in [2.45, 2.75) is 162 Å². The lowest BCUT2D eigenvalue weighted by Gasteiger charge is -2.42. The molecule has 0 heterocycles. The van der Waals surface area contributed by atoms with E-state index in [2.05, 4.69) is 13.8 Å². The van der Waals surface area contributed by atoms with Crippen LogP contribution in [0.1, 0.15) is 162 Å². The van der Waals surface area contributed by atoms with Crippen molar-refractivity contribution in [1.82, 2.24) is 0 Å². The van der Waals surface area contributed by atoms with Gasteiger partial charge in [0, 0.05) is 30.8 Å². The molecule has 0 amide bonds. The summed E-state index contributed by atoms with van der Waals surface area (Å²) < 4.78 is 69.7. The predicted molar refractivity (Wildman–Crippen MR) is 200 cm³/mol. The van der Waals surface area contributed by atoms with Crippen molar-refractivity contribution in [2.24, 2.45) is 0 Å². The highest BCUT2D eigenvalue weighted by atomic mass is 32.2. The number of rotatable bonds is 38. The van der Waals surface area contributed by atoms with Crippen LogP contribution in [-0.2, 0) is 20.2 Å². The quantitative estimate of drug-likeness (QED) is 0.0402. The summed E-state index contributed by atoms with van der Waals surface area (Å²) >= 11 is 0. The van der Waals surface area contributed by atoms with E-state index in [9.17, 15) is 36.2 Å². The molecule has 0 saturated carbocycles. The van der Waals surface area contributed by atoms with Gasteiger partial charge in [-0.2, -0.15) is 0 Å². The van der Waals surface area contributed by atoms with Crippen LogP contribution in [0, 0.1) is 0 Å². The average Bonchev–Trinajstić information content (AvgIpc) is 3.02. The first kappa shape index (κ1) is 48.7. The van der Waals surface area contributed by atoms with Gasteiger partial charge in [0.15, 0.2) is 0 Å². The number of hydrogen-bond acceptors (Lipinski definition) is 8. The first-order valence-electron chi connectivity index (χ1n) is 20.2. The number of hydrogen-bond donors (Lipinski definition) is 2. The van der Waals surface area contributed by atoms with E-state index in [-0.39, 0.29) is 26.1 Å². The molecule has 0 radical (unpaired) electrons. The molecule has 10 nitrogen and oxygen atoms in total. The Labute approximate surface area is 303 Å². The molecule has 0 bridgehead atoms. The van der Waals surface area contributed by atoms with Crippen LogP contribution in [0.3, 0.4) is 0 Å². The second kappa shape index (κ2) is 30.2. The first-order chi connectivity index (χ1) is 23.4. The topological polar surface area (TPSA) is 155 Å². The average molecular weight is 743 g/mol. The van der Waals surface area contributed by atoms with Crippen molar-refractivity contribution in [2.75, 3.05) is 77.1 Å². The van der Waals surface area contributed by atoms with Gasteiger partial charge in [0.05, 0.1) is 72.7 Å². The fourth-order valence-electron chi connectivity index (χ4n) is 7.53. The van der Waals surface area contributed by atoms with Crippen LogP contribution in [0.15, 0.2) is 0 Å². The van der Waals surface area contributed by atoms with Crippen molar-refractivity contribution in [1.29, 1.82) is 0 Å². The van der Waals surface area contributed by atoms with Crippen molar-refractivity contribution in [3.05, 3.63) is 0 Å². The molecule has 0 aliphatic rings. The number of unbranched alkanes of at least 4 members (excludes halogenated alkanes) is 18. The molecule has 0 aliphatic heterocycles. The van der Waals surface area contributed by atoms with Gasteiger partial charge in [-0.3, -0.25) is 0 Å². The lowest BCUT2D eigenvalue weighted by Crippen LogP contribution is -2.56. The molecule has 0 aromatic rings. The molecule has 12 heteroatoms. The van der Waals surface area contributed by atoms with Gasteiger partial charge < -0.3 is 28.3 Å². The Morgan fingerprint density at radius 2 is 0.612 bits per heavy atom. The molecule has 0 saturated heterocycles. The van der Waals surface area contributed by atoms with E-state index >= 15 is 0 Å². The number of aliphatic hydroxyl groups excluding tert-OH is 2. The summed E-state index contributed by atoms with van der Waals surface area (Å²) in [5, 5.41) is 20.2. The van der Waals surface area contributed by atoms with Crippen molar-refractivity contribution < 1.29 is 45.1 Å². The van der Waals surface area contributed by atoms with Crippen LogP contribution < -0.4 is 0 Å². The fourth-order valence-corrected chi connectivity index (χ4v) is 8.50. The van der Waals surface area contributed by atoms with E-state index in [1.807, 2.05) is 0 Å². The maximum absolute atomic E-state index is 11.4. The molecule has 0 aromatic heterocycles. The molecule has 49 heavy (non-hydrogen) atoms. The maximum Gasteiger partial charge on any atom is 0.102 e. The summed E-state index contributed by atoms with van der Waals surface area (Å²) in [4.78, 5) is 0. The zero-order valence-electron chi connectivity index (χ0n) is 31.8. The van der Waals surface area contributed by atoms with E-state index in [0.717, 1.165) is 58.0 Å². The van der Waals surface area contributed by atoms with Gasteiger partial charge in [0.1, 0.15) is 13.1 Å². The van der Waals surface area contributed by atoms with E-state index in [0.29, 0.717) is 48.2 Å². The predicted octanol–water partition coefficient (Wildman–Crippen LogP) is 6.71. The van der Waals surface area contributed by atoms with Gasteiger partial charge in [-0.1, -0.05) is 117 Å².